The number of piperazine rings is 1. The molecule has 2 aromatic heterocycles. The minimum atomic E-state index is -0.260. The van der Waals surface area contributed by atoms with E-state index in [0.717, 1.165) is 54.8 Å². The van der Waals surface area contributed by atoms with Crippen LogP contribution in [0.2, 0.25) is 0 Å². The van der Waals surface area contributed by atoms with Crippen molar-refractivity contribution >= 4 is 23.4 Å². The molecule has 0 atom stereocenters. The molecule has 8 nitrogen and oxygen atoms in total. The smallest absolute Gasteiger partial charge is 0.275 e. The number of nitrogens with one attached hydrogen (secondary N) is 1. The molecular weight excluding hydrogens is 366 g/mol. The van der Waals surface area contributed by atoms with Gasteiger partial charge in [0.05, 0.1) is 12.4 Å². The molecule has 1 amide bonds. The number of hydrogen-bond donors (Lipinski definition) is 1. The molecule has 0 radical (unpaired) electrons. The minimum absolute atomic E-state index is 0.260. The Morgan fingerprint density at radius 2 is 1.66 bits per heavy atom. The van der Waals surface area contributed by atoms with Crippen molar-refractivity contribution in [3.8, 4) is 0 Å². The van der Waals surface area contributed by atoms with Crippen LogP contribution in [-0.2, 0) is 0 Å². The van der Waals surface area contributed by atoms with E-state index in [1.165, 1.54) is 6.20 Å². The first-order valence-electron chi connectivity index (χ1n) is 9.58. The molecular formula is C21H23N7O. The largest absolute Gasteiger partial charge is 0.352 e. The number of carbonyl (C=O) groups is 1. The van der Waals surface area contributed by atoms with Crippen LogP contribution in [0.25, 0.3) is 0 Å². The fourth-order valence-corrected chi connectivity index (χ4v) is 3.25. The average Bonchev–Trinajstić information content (AvgIpc) is 2.77. The fourth-order valence-electron chi connectivity index (χ4n) is 3.25. The highest BCUT2D eigenvalue weighted by molar-refractivity contribution is 6.03. The van der Waals surface area contributed by atoms with Gasteiger partial charge < -0.3 is 15.1 Å². The quantitative estimate of drug-likeness (QED) is 0.733. The predicted octanol–water partition coefficient (Wildman–Crippen LogP) is 2.46. The molecule has 8 heteroatoms. The van der Waals surface area contributed by atoms with Crippen LogP contribution >= 0.6 is 0 Å². The summed E-state index contributed by atoms with van der Waals surface area (Å²) in [6.07, 6.45) is 6.69. The lowest BCUT2D eigenvalue weighted by Gasteiger charge is -2.35. The van der Waals surface area contributed by atoms with Crippen molar-refractivity contribution < 1.29 is 4.79 Å². The summed E-state index contributed by atoms with van der Waals surface area (Å²) < 4.78 is 0. The van der Waals surface area contributed by atoms with Gasteiger partial charge in [-0.1, -0.05) is 12.1 Å². The lowest BCUT2D eigenvalue weighted by atomic mass is 10.1. The third-order valence-corrected chi connectivity index (χ3v) is 4.95. The summed E-state index contributed by atoms with van der Waals surface area (Å²) in [4.78, 5) is 34.2. The van der Waals surface area contributed by atoms with Gasteiger partial charge in [0.25, 0.3) is 5.91 Å². The van der Waals surface area contributed by atoms with Crippen LogP contribution in [0, 0.1) is 13.8 Å². The van der Waals surface area contributed by atoms with Gasteiger partial charge in [0.1, 0.15) is 11.5 Å². The van der Waals surface area contributed by atoms with Crippen LogP contribution in [0.15, 0.2) is 49.1 Å². The highest BCUT2D eigenvalue weighted by Gasteiger charge is 2.20. The molecule has 3 aromatic rings. The molecule has 1 N–H and O–H groups in total. The summed E-state index contributed by atoms with van der Waals surface area (Å²) in [5, 5.41) is 2.91. The van der Waals surface area contributed by atoms with Crippen LogP contribution in [-0.4, -0.2) is 52.0 Å². The molecule has 3 heterocycles. The topological polar surface area (TPSA) is 87.1 Å². The number of hydrogen-bond acceptors (Lipinski definition) is 7. The SMILES string of the molecule is Cc1ccc(C)c(NC(=O)c2cnc(N3CCN(c4ncccn4)CC3)cn2)c1. The number of benzene rings is 1. The van der Waals surface area contributed by atoms with Crippen LogP contribution in [0.3, 0.4) is 0 Å². The van der Waals surface area contributed by atoms with E-state index in [2.05, 4.69) is 35.1 Å². The van der Waals surface area contributed by atoms with E-state index in [-0.39, 0.29) is 5.91 Å². The Kier molecular flexibility index (Phi) is 5.33. The molecule has 0 bridgehead atoms. The second-order valence-electron chi connectivity index (χ2n) is 7.06. The van der Waals surface area contributed by atoms with Gasteiger partial charge in [-0.2, -0.15) is 0 Å². The van der Waals surface area contributed by atoms with Gasteiger partial charge in [-0.25, -0.2) is 19.9 Å². The van der Waals surface area contributed by atoms with E-state index >= 15 is 0 Å². The summed E-state index contributed by atoms with van der Waals surface area (Å²) >= 11 is 0. The highest BCUT2D eigenvalue weighted by Crippen LogP contribution is 2.18. The normalized spacial score (nSPS) is 14.0. The number of aromatic nitrogens is 4. The molecule has 1 aliphatic rings. The van der Waals surface area contributed by atoms with Gasteiger partial charge in [-0.05, 0) is 37.1 Å². The Balaban J connectivity index is 1.38. The van der Waals surface area contributed by atoms with Crippen molar-refractivity contribution in [3.63, 3.8) is 0 Å². The molecule has 0 spiro atoms. The van der Waals surface area contributed by atoms with E-state index in [0.29, 0.717) is 5.69 Å². The molecule has 1 fully saturated rings. The second kappa shape index (κ2) is 8.22. The van der Waals surface area contributed by atoms with Crippen LogP contribution in [0.4, 0.5) is 17.5 Å². The lowest BCUT2D eigenvalue weighted by Crippen LogP contribution is -2.47. The number of carbonyl (C=O) groups excluding carboxylic acids is 1. The van der Waals surface area contributed by atoms with Crippen molar-refractivity contribution in [2.75, 3.05) is 41.3 Å². The zero-order valence-corrected chi connectivity index (χ0v) is 16.5. The standard InChI is InChI=1S/C21H23N7O/c1-15-4-5-16(2)17(12-15)26-20(29)18-13-25-19(14-24-18)27-8-10-28(11-9-27)21-22-6-3-7-23-21/h3-7,12-14H,8-11H2,1-2H3,(H,26,29). The van der Waals surface area contributed by atoms with Gasteiger partial charge in [-0.3, -0.25) is 4.79 Å². The molecule has 29 heavy (non-hydrogen) atoms. The first-order valence-corrected chi connectivity index (χ1v) is 9.58. The number of aryl methyl sites for hydroxylation is 2. The molecule has 1 aliphatic heterocycles. The zero-order valence-electron chi connectivity index (χ0n) is 16.5. The van der Waals surface area contributed by atoms with Crippen molar-refractivity contribution in [2.24, 2.45) is 0 Å². The molecule has 1 aromatic carbocycles. The highest BCUT2D eigenvalue weighted by atomic mass is 16.1. The summed E-state index contributed by atoms with van der Waals surface area (Å²) in [5.41, 5.74) is 3.19. The second-order valence-corrected chi connectivity index (χ2v) is 7.06. The summed E-state index contributed by atoms with van der Waals surface area (Å²) in [6.45, 7) is 7.15. The average molecular weight is 389 g/mol. The predicted molar refractivity (Wildman–Crippen MR) is 112 cm³/mol. The lowest BCUT2D eigenvalue weighted by molar-refractivity contribution is 0.102. The monoisotopic (exact) mass is 389 g/mol. The Hall–Kier alpha value is -3.55. The Morgan fingerprint density at radius 1 is 0.931 bits per heavy atom. The van der Waals surface area contributed by atoms with Gasteiger partial charge in [0, 0.05) is 44.3 Å². The number of anilines is 3. The third kappa shape index (κ3) is 4.31. The maximum absolute atomic E-state index is 12.5. The van der Waals surface area contributed by atoms with Crippen LogP contribution < -0.4 is 15.1 Å². The molecule has 0 unspecified atom stereocenters. The summed E-state index contributed by atoms with van der Waals surface area (Å²) in [7, 11) is 0. The van der Waals surface area contributed by atoms with Gasteiger partial charge >= 0.3 is 0 Å². The van der Waals surface area contributed by atoms with E-state index in [1.807, 2.05) is 38.1 Å². The van der Waals surface area contributed by atoms with Crippen molar-refractivity contribution in [1.29, 1.82) is 0 Å². The summed E-state index contributed by atoms with van der Waals surface area (Å²) in [5.74, 6) is 1.25. The molecule has 1 saturated heterocycles. The number of nitrogens with zero attached hydrogens (tertiary/aromatic N) is 6. The minimum Gasteiger partial charge on any atom is -0.352 e. The van der Waals surface area contributed by atoms with Gasteiger partial charge in [0.2, 0.25) is 5.95 Å². The van der Waals surface area contributed by atoms with E-state index in [4.69, 9.17) is 0 Å². The first-order chi connectivity index (χ1) is 14.1. The van der Waals surface area contributed by atoms with Gasteiger partial charge in [-0.15, -0.1) is 0 Å². The van der Waals surface area contributed by atoms with E-state index < -0.39 is 0 Å². The fraction of sp³-hybridized carbons (Fsp3) is 0.286. The third-order valence-electron chi connectivity index (χ3n) is 4.95. The van der Waals surface area contributed by atoms with Gasteiger partial charge in [0.15, 0.2) is 0 Å². The number of rotatable bonds is 4. The molecule has 0 saturated carbocycles. The Labute approximate surface area is 169 Å². The Morgan fingerprint density at radius 3 is 2.34 bits per heavy atom. The maximum Gasteiger partial charge on any atom is 0.275 e. The zero-order chi connectivity index (χ0) is 20.2. The van der Waals surface area contributed by atoms with Crippen LogP contribution in [0.1, 0.15) is 21.6 Å². The Bertz CT molecular complexity index is 984. The molecule has 148 valence electrons. The van der Waals surface area contributed by atoms with Crippen LogP contribution in [0.5, 0.6) is 0 Å². The van der Waals surface area contributed by atoms with E-state index in [9.17, 15) is 4.79 Å². The van der Waals surface area contributed by atoms with Crippen molar-refractivity contribution in [1.82, 2.24) is 19.9 Å². The molecule has 4 rings (SSSR count). The maximum atomic E-state index is 12.5. The summed E-state index contributed by atoms with van der Waals surface area (Å²) in [6, 6.07) is 7.77. The first kappa shape index (κ1) is 18.8. The van der Waals surface area contributed by atoms with Crippen molar-refractivity contribution in [2.45, 2.75) is 13.8 Å². The van der Waals surface area contributed by atoms with Crippen molar-refractivity contribution in [3.05, 3.63) is 65.9 Å². The van der Waals surface area contributed by atoms with E-state index in [1.54, 1.807) is 18.6 Å². The number of amides is 1. The molecule has 0 aliphatic carbocycles.